The first-order chi connectivity index (χ1) is 10.6. The van der Waals surface area contributed by atoms with Gasteiger partial charge in [-0.1, -0.05) is 25.5 Å². The number of benzene rings is 1. The molecule has 0 fully saturated rings. The highest BCUT2D eigenvalue weighted by atomic mass is 32.2. The summed E-state index contributed by atoms with van der Waals surface area (Å²) in [6.07, 6.45) is 5.62. The molecule has 0 saturated carbocycles. The molecule has 0 aliphatic rings. The van der Waals surface area contributed by atoms with E-state index in [0.717, 1.165) is 19.3 Å². The van der Waals surface area contributed by atoms with Crippen molar-refractivity contribution in [2.24, 2.45) is 0 Å². The number of amides is 2. The minimum Gasteiger partial charge on any atom is -0.480 e. The summed E-state index contributed by atoms with van der Waals surface area (Å²) in [5.74, 6) is -0.331. The number of unbranched alkanes of at least 4 members (excludes halogenated alkanes) is 1. The average Bonchev–Trinajstić information content (AvgIpc) is 2.50. The first-order valence-corrected chi connectivity index (χ1v) is 8.84. The number of thioether (sulfide) groups is 1. The molecule has 122 valence electrons. The van der Waals surface area contributed by atoms with Crippen LogP contribution in [0.15, 0.2) is 24.3 Å². The zero-order valence-electron chi connectivity index (χ0n) is 13.1. The fourth-order valence-corrected chi connectivity index (χ4v) is 2.43. The molecule has 2 amide bonds. The molecule has 0 aliphatic carbocycles. The molecule has 5 nitrogen and oxygen atoms in total. The number of carboxylic acids is 1. The molecule has 1 aromatic rings. The highest BCUT2D eigenvalue weighted by molar-refractivity contribution is 7.98. The van der Waals surface area contributed by atoms with E-state index in [4.69, 9.17) is 5.11 Å². The Morgan fingerprint density at radius 1 is 1.27 bits per heavy atom. The summed E-state index contributed by atoms with van der Waals surface area (Å²) in [4.78, 5) is 22.9. The summed E-state index contributed by atoms with van der Waals surface area (Å²) >= 11 is 1.55. The molecule has 0 heterocycles. The molecule has 1 rings (SSSR count). The van der Waals surface area contributed by atoms with Gasteiger partial charge in [-0.15, -0.1) is 0 Å². The lowest BCUT2D eigenvalue weighted by Crippen LogP contribution is -2.43. The Hall–Kier alpha value is -1.69. The van der Waals surface area contributed by atoms with Gasteiger partial charge in [0.2, 0.25) is 0 Å². The third-order valence-electron chi connectivity index (χ3n) is 3.24. The number of anilines is 1. The van der Waals surface area contributed by atoms with E-state index < -0.39 is 18.0 Å². The van der Waals surface area contributed by atoms with Crippen LogP contribution in [-0.4, -0.2) is 35.2 Å². The second-order valence-corrected chi connectivity index (χ2v) is 6.06. The second-order valence-electron chi connectivity index (χ2n) is 5.07. The highest BCUT2D eigenvalue weighted by Gasteiger charge is 2.19. The average molecular weight is 324 g/mol. The fraction of sp³-hybridized carbons (Fsp3) is 0.500. The number of aliphatic carboxylic acids is 1. The van der Waals surface area contributed by atoms with Crippen molar-refractivity contribution in [1.29, 1.82) is 0 Å². The van der Waals surface area contributed by atoms with Gasteiger partial charge in [0.05, 0.1) is 0 Å². The molecule has 0 bridgehead atoms. The van der Waals surface area contributed by atoms with Crippen LogP contribution >= 0.6 is 11.8 Å². The molecular formula is C16H24N2O3S. The van der Waals surface area contributed by atoms with Crippen molar-refractivity contribution in [1.82, 2.24) is 5.32 Å². The van der Waals surface area contributed by atoms with Gasteiger partial charge in [0.15, 0.2) is 0 Å². The Balaban J connectivity index is 2.50. The van der Waals surface area contributed by atoms with Crippen LogP contribution in [0.1, 0.15) is 31.7 Å². The Morgan fingerprint density at radius 2 is 1.95 bits per heavy atom. The predicted octanol–water partition coefficient (Wildman–Crippen LogP) is 3.36. The maximum absolute atomic E-state index is 11.9. The predicted molar refractivity (Wildman–Crippen MR) is 91.6 cm³/mol. The summed E-state index contributed by atoms with van der Waals surface area (Å²) in [6, 6.07) is 6.28. The van der Waals surface area contributed by atoms with Crippen molar-refractivity contribution in [3.8, 4) is 0 Å². The van der Waals surface area contributed by atoms with Crippen molar-refractivity contribution in [3.63, 3.8) is 0 Å². The molecule has 1 aromatic carbocycles. The van der Waals surface area contributed by atoms with Gasteiger partial charge in [-0.3, -0.25) is 0 Å². The Bertz CT molecular complexity index is 477. The number of hydrogen-bond acceptors (Lipinski definition) is 3. The minimum atomic E-state index is -1.01. The normalized spacial score (nSPS) is 11.7. The van der Waals surface area contributed by atoms with Crippen molar-refractivity contribution in [2.45, 2.75) is 38.6 Å². The molecule has 0 aromatic heterocycles. The fourth-order valence-electron chi connectivity index (χ4n) is 1.95. The van der Waals surface area contributed by atoms with Gasteiger partial charge in [-0.2, -0.15) is 11.8 Å². The van der Waals surface area contributed by atoms with E-state index in [9.17, 15) is 9.59 Å². The molecule has 0 saturated heterocycles. The van der Waals surface area contributed by atoms with Crippen LogP contribution in [0.4, 0.5) is 10.5 Å². The van der Waals surface area contributed by atoms with Gasteiger partial charge in [-0.05, 0) is 49.0 Å². The Labute approximate surface area is 135 Å². The molecule has 0 spiro atoms. The maximum atomic E-state index is 11.9. The number of carbonyl (C=O) groups is 2. The molecule has 3 N–H and O–H groups in total. The largest absolute Gasteiger partial charge is 0.480 e. The molecular weight excluding hydrogens is 300 g/mol. The van der Waals surface area contributed by atoms with Crippen molar-refractivity contribution < 1.29 is 14.7 Å². The van der Waals surface area contributed by atoms with Crippen LogP contribution < -0.4 is 10.6 Å². The monoisotopic (exact) mass is 324 g/mol. The van der Waals surface area contributed by atoms with Gasteiger partial charge < -0.3 is 15.7 Å². The summed E-state index contributed by atoms with van der Waals surface area (Å²) < 4.78 is 0. The van der Waals surface area contributed by atoms with E-state index in [-0.39, 0.29) is 0 Å². The Kier molecular flexibility index (Phi) is 8.43. The van der Waals surface area contributed by atoms with Gasteiger partial charge in [-0.25, -0.2) is 9.59 Å². The van der Waals surface area contributed by atoms with Crippen molar-refractivity contribution >= 4 is 29.4 Å². The summed E-state index contributed by atoms with van der Waals surface area (Å²) in [5.41, 5.74) is 1.89. The highest BCUT2D eigenvalue weighted by Crippen LogP contribution is 2.12. The molecule has 0 unspecified atom stereocenters. The number of nitrogens with one attached hydrogen (secondary N) is 2. The number of carboxylic acid groups (broad SMARTS) is 1. The zero-order chi connectivity index (χ0) is 16.4. The number of carbonyl (C=O) groups excluding carboxylic acids is 1. The van der Waals surface area contributed by atoms with Crippen LogP contribution in [0, 0.1) is 0 Å². The number of hydrogen-bond donors (Lipinski definition) is 3. The topological polar surface area (TPSA) is 78.4 Å². The van der Waals surface area contributed by atoms with Crippen molar-refractivity contribution in [2.75, 3.05) is 17.3 Å². The van der Waals surface area contributed by atoms with Gasteiger partial charge >= 0.3 is 12.0 Å². The third kappa shape index (κ3) is 6.85. The second kappa shape index (κ2) is 10.1. The van der Waals surface area contributed by atoms with E-state index in [1.807, 2.05) is 30.5 Å². The summed E-state index contributed by atoms with van der Waals surface area (Å²) in [7, 11) is 0. The van der Waals surface area contributed by atoms with Crippen LogP contribution in [0.3, 0.4) is 0 Å². The lowest BCUT2D eigenvalue weighted by Gasteiger charge is -2.14. The molecule has 1 atom stereocenters. The van der Waals surface area contributed by atoms with E-state index >= 15 is 0 Å². The van der Waals surface area contributed by atoms with Gasteiger partial charge in [0.1, 0.15) is 6.04 Å². The van der Waals surface area contributed by atoms with E-state index in [0.29, 0.717) is 17.9 Å². The molecule has 0 radical (unpaired) electrons. The first-order valence-electron chi connectivity index (χ1n) is 7.45. The molecule has 22 heavy (non-hydrogen) atoms. The number of rotatable bonds is 9. The van der Waals surface area contributed by atoms with Crippen LogP contribution in [0.5, 0.6) is 0 Å². The standard InChI is InChI=1S/C16H24N2O3S/c1-3-4-5-12-6-8-13(9-7-12)17-16(21)18-14(15(19)20)10-11-22-2/h6-9,14H,3-5,10-11H2,1-2H3,(H,19,20)(H2,17,18,21)/t14-/m0/s1. The maximum Gasteiger partial charge on any atom is 0.326 e. The van der Waals surface area contributed by atoms with E-state index in [2.05, 4.69) is 17.6 Å². The van der Waals surface area contributed by atoms with Crippen molar-refractivity contribution in [3.05, 3.63) is 29.8 Å². The van der Waals surface area contributed by atoms with Gasteiger partial charge in [0, 0.05) is 5.69 Å². The first kappa shape index (κ1) is 18.4. The van der Waals surface area contributed by atoms with Crippen LogP contribution in [0.25, 0.3) is 0 Å². The molecule has 6 heteroatoms. The zero-order valence-corrected chi connectivity index (χ0v) is 13.9. The number of aryl methyl sites for hydroxylation is 1. The van der Waals surface area contributed by atoms with Crippen LogP contribution in [0.2, 0.25) is 0 Å². The summed E-state index contributed by atoms with van der Waals surface area (Å²) in [5, 5.41) is 14.2. The van der Waals surface area contributed by atoms with Gasteiger partial charge in [0.25, 0.3) is 0 Å². The summed E-state index contributed by atoms with van der Waals surface area (Å²) in [6.45, 7) is 2.15. The lowest BCUT2D eigenvalue weighted by molar-refractivity contribution is -0.139. The third-order valence-corrected chi connectivity index (χ3v) is 3.89. The van der Waals surface area contributed by atoms with E-state index in [1.54, 1.807) is 11.8 Å². The number of urea groups is 1. The van der Waals surface area contributed by atoms with Crippen LogP contribution in [-0.2, 0) is 11.2 Å². The molecule has 0 aliphatic heterocycles. The lowest BCUT2D eigenvalue weighted by atomic mass is 10.1. The minimum absolute atomic E-state index is 0.403. The van der Waals surface area contributed by atoms with E-state index in [1.165, 1.54) is 5.56 Å². The SMILES string of the molecule is CCCCc1ccc(NC(=O)N[C@@H](CCSC)C(=O)O)cc1. The quantitative estimate of drug-likeness (QED) is 0.651. The smallest absolute Gasteiger partial charge is 0.326 e. The Morgan fingerprint density at radius 3 is 2.50 bits per heavy atom.